The van der Waals surface area contributed by atoms with Gasteiger partial charge >= 0.3 is 0 Å². The third kappa shape index (κ3) is 4.86. The number of rotatable bonds is 6. The Morgan fingerprint density at radius 1 is 1.19 bits per heavy atom. The lowest BCUT2D eigenvalue weighted by Crippen LogP contribution is -2.31. The maximum atomic E-state index is 13.4. The molecule has 0 bridgehead atoms. The zero-order chi connectivity index (χ0) is 21.8. The number of fused-ring (bicyclic) bond motifs is 1. The molecule has 3 aromatic rings. The van der Waals surface area contributed by atoms with E-state index in [1.54, 1.807) is 28.0 Å². The van der Waals surface area contributed by atoms with Crippen molar-refractivity contribution in [3.05, 3.63) is 85.7 Å². The fourth-order valence-corrected chi connectivity index (χ4v) is 4.58. The maximum Gasteiger partial charge on any atom is 0.257 e. The molecule has 0 radical (unpaired) electrons. The van der Waals surface area contributed by atoms with E-state index in [4.69, 9.17) is 4.74 Å². The van der Waals surface area contributed by atoms with Crippen molar-refractivity contribution in [2.75, 3.05) is 20.2 Å². The summed E-state index contributed by atoms with van der Waals surface area (Å²) in [5.41, 5.74) is 2.78. The lowest BCUT2D eigenvalue weighted by atomic mass is 10.1. The number of carbonyl (C=O) groups excluding carboxylic acids is 1. The van der Waals surface area contributed by atoms with Crippen LogP contribution in [0.2, 0.25) is 0 Å². The molecule has 1 N–H and O–H groups in total. The van der Waals surface area contributed by atoms with Gasteiger partial charge in [-0.3, -0.25) is 14.5 Å². The average Bonchev–Trinajstić information content (AvgIpc) is 3.18. The lowest BCUT2D eigenvalue weighted by Gasteiger charge is -2.18. The number of ether oxygens (including phenoxy) is 1. The van der Waals surface area contributed by atoms with Crippen molar-refractivity contribution in [1.29, 1.82) is 0 Å². The highest BCUT2D eigenvalue weighted by Crippen LogP contribution is 2.23. The summed E-state index contributed by atoms with van der Waals surface area (Å²) < 4.78 is 20.5. The molecule has 0 atom stereocenters. The number of nitrogens with one attached hydrogen (secondary N) is 1. The van der Waals surface area contributed by atoms with Crippen molar-refractivity contribution in [2.24, 2.45) is 0 Å². The van der Waals surface area contributed by atoms with Gasteiger partial charge < -0.3 is 14.6 Å². The van der Waals surface area contributed by atoms with Crippen molar-refractivity contribution in [3.8, 4) is 5.75 Å². The van der Waals surface area contributed by atoms with Crippen LogP contribution in [-0.2, 0) is 26.1 Å². The molecule has 3 heterocycles. The highest BCUT2D eigenvalue weighted by Gasteiger charge is 2.25. The van der Waals surface area contributed by atoms with E-state index in [2.05, 4.69) is 27.0 Å². The molecule has 8 heteroatoms. The largest absolute Gasteiger partial charge is 0.496 e. The first-order chi connectivity index (χ1) is 15.0. The zero-order valence-electron chi connectivity index (χ0n) is 17.3. The summed E-state index contributed by atoms with van der Waals surface area (Å²) in [6.07, 6.45) is 0.555. The first kappa shape index (κ1) is 21.3. The SMILES string of the molecule is COc1cc(=O)n2c(c1C(=O)NCc1cccc(F)c1)CCN(Cc1ccsc1)CC2. The van der Waals surface area contributed by atoms with Gasteiger partial charge in [-0.15, -0.1) is 0 Å². The quantitative estimate of drug-likeness (QED) is 0.639. The molecule has 1 aromatic carbocycles. The summed E-state index contributed by atoms with van der Waals surface area (Å²) in [5.74, 6) is -0.425. The Morgan fingerprint density at radius 3 is 2.81 bits per heavy atom. The first-order valence-electron chi connectivity index (χ1n) is 10.1. The number of hydrogen-bond acceptors (Lipinski definition) is 5. The van der Waals surface area contributed by atoms with E-state index in [1.807, 2.05) is 0 Å². The van der Waals surface area contributed by atoms with Gasteiger partial charge in [-0.05, 0) is 40.1 Å². The van der Waals surface area contributed by atoms with Crippen LogP contribution in [0, 0.1) is 5.82 Å². The lowest BCUT2D eigenvalue weighted by molar-refractivity contribution is 0.0945. The van der Waals surface area contributed by atoms with E-state index >= 15 is 0 Å². The average molecular weight is 442 g/mol. The van der Waals surface area contributed by atoms with E-state index in [-0.39, 0.29) is 29.6 Å². The molecular formula is C23H24FN3O3S. The van der Waals surface area contributed by atoms with Gasteiger partial charge in [0.15, 0.2) is 0 Å². The fraction of sp³-hybridized carbons (Fsp3) is 0.304. The van der Waals surface area contributed by atoms with Crippen LogP contribution in [0.5, 0.6) is 5.75 Å². The van der Waals surface area contributed by atoms with E-state index < -0.39 is 0 Å². The Hall–Kier alpha value is -2.97. The molecule has 2 aromatic heterocycles. The van der Waals surface area contributed by atoms with Gasteiger partial charge in [-0.2, -0.15) is 11.3 Å². The van der Waals surface area contributed by atoms with Crippen LogP contribution < -0.4 is 15.6 Å². The molecule has 0 fully saturated rings. The second kappa shape index (κ2) is 9.45. The van der Waals surface area contributed by atoms with Crippen LogP contribution >= 0.6 is 11.3 Å². The summed E-state index contributed by atoms with van der Waals surface area (Å²) >= 11 is 1.66. The van der Waals surface area contributed by atoms with Crippen molar-refractivity contribution in [1.82, 2.24) is 14.8 Å². The van der Waals surface area contributed by atoms with Crippen molar-refractivity contribution >= 4 is 17.2 Å². The van der Waals surface area contributed by atoms with Gasteiger partial charge in [0, 0.05) is 50.9 Å². The number of halogens is 1. The third-order valence-corrected chi connectivity index (χ3v) is 6.19. The minimum absolute atomic E-state index is 0.175. The van der Waals surface area contributed by atoms with Gasteiger partial charge in [-0.1, -0.05) is 12.1 Å². The Labute approximate surface area is 183 Å². The second-order valence-electron chi connectivity index (χ2n) is 7.49. The standard InChI is InChI=1S/C23H24FN3O3S/c1-30-20-12-21(28)27-9-8-26(14-17-6-10-31-15-17)7-5-19(27)22(20)23(29)25-13-16-3-2-4-18(24)11-16/h2-4,6,10-12,15H,5,7-9,13-14H2,1H3,(H,25,29). The van der Waals surface area contributed by atoms with Crippen LogP contribution in [0.3, 0.4) is 0 Å². The fourth-order valence-electron chi connectivity index (χ4n) is 3.92. The van der Waals surface area contributed by atoms with E-state index in [0.29, 0.717) is 29.8 Å². The number of carbonyl (C=O) groups is 1. The highest BCUT2D eigenvalue weighted by atomic mass is 32.1. The van der Waals surface area contributed by atoms with Crippen molar-refractivity contribution < 1.29 is 13.9 Å². The molecule has 0 saturated carbocycles. The van der Waals surface area contributed by atoms with E-state index in [9.17, 15) is 14.0 Å². The maximum absolute atomic E-state index is 13.4. The number of amides is 1. The minimum Gasteiger partial charge on any atom is -0.496 e. The van der Waals surface area contributed by atoms with Crippen LogP contribution in [-0.4, -0.2) is 35.6 Å². The monoisotopic (exact) mass is 441 g/mol. The first-order valence-corrected chi connectivity index (χ1v) is 11.1. The molecule has 162 valence electrons. The normalized spacial score (nSPS) is 14.0. The minimum atomic E-state index is -0.352. The summed E-state index contributed by atoms with van der Waals surface area (Å²) in [6, 6.07) is 9.57. The van der Waals surface area contributed by atoms with Crippen molar-refractivity contribution in [2.45, 2.75) is 26.1 Å². The molecule has 4 rings (SSSR count). The van der Waals surface area contributed by atoms with E-state index in [1.165, 1.54) is 30.9 Å². The van der Waals surface area contributed by atoms with Gasteiger partial charge in [0.25, 0.3) is 11.5 Å². The predicted octanol–water partition coefficient (Wildman–Crippen LogP) is 3.05. The Bertz CT molecular complexity index is 1130. The highest BCUT2D eigenvalue weighted by molar-refractivity contribution is 7.07. The number of thiophene rings is 1. The summed E-state index contributed by atoms with van der Waals surface area (Å²) in [4.78, 5) is 28.1. The summed E-state index contributed by atoms with van der Waals surface area (Å²) in [7, 11) is 1.45. The molecule has 1 aliphatic rings. The van der Waals surface area contributed by atoms with Crippen LogP contribution in [0.15, 0.2) is 52.0 Å². The molecule has 0 aliphatic carbocycles. The number of pyridine rings is 1. The number of methoxy groups -OCH3 is 1. The van der Waals surface area contributed by atoms with Gasteiger partial charge in [0.1, 0.15) is 17.1 Å². The predicted molar refractivity (Wildman–Crippen MR) is 118 cm³/mol. The number of nitrogens with zero attached hydrogens (tertiary/aromatic N) is 2. The summed E-state index contributed by atoms with van der Waals surface area (Å²) in [5, 5.41) is 7.02. The smallest absolute Gasteiger partial charge is 0.257 e. The molecule has 0 spiro atoms. The molecule has 0 unspecified atom stereocenters. The number of benzene rings is 1. The topological polar surface area (TPSA) is 63.6 Å². The summed E-state index contributed by atoms with van der Waals surface area (Å²) in [6.45, 7) is 2.95. The molecule has 1 aliphatic heterocycles. The van der Waals surface area contributed by atoms with Gasteiger partial charge in [0.05, 0.1) is 7.11 Å². The van der Waals surface area contributed by atoms with Gasteiger partial charge in [0.2, 0.25) is 0 Å². The molecular weight excluding hydrogens is 417 g/mol. The Morgan fingerprint density at radius 2 is 2.06 bits per heavy atom. The molecule has 1 amide bonds. The molecule has 6 nitrogen and oxygen atoms in total. The van der Waals surface area contributed by atoms with Crippen LogP contribution in [0.25, 0.3) is 0 Å². The number of aromatic nitrogens is 1. The zero-order valence-corrected chi connectivity index (χ0v) is 18.1. The second-order valence-corrected chi connectivity index (χ2v) is 8.27. The van der Waals surface area contributed by atoms with Crippen LogP contribution in [0.4, 0.5) is 4.39 Å². The van der Waals surface area contributed by atoms with Gasteiger partial charge in [-0.25, -0.2) is 4.39 Å². The Balaban J connectivity index is 1.58. The molecule has 31 heavy (non-hydrogen) atoms. The third-order valence-electron chi connectivity index (χ3n) is 5.46. The van der Waals surface area contributed by atoms with Crippen LogP contribution in [0.1, 0.15) is 27.2 Å². The van der Waals surface area contributed by atoms with Crippen molar-refractivity contribution in [3.63, 3.8) is 0 Å². The molecule has 0 saturated heterocycles. The number of hydrogen-bond donors (Lipinski definition) is 1. The Kier molecular flexibility index (Phi) is 6.48. The van der Waals surface area contributed by atoms with E-state index in [0.717, 1.165) is 19.6 Å².